The number of aliphatic carboxylic acids is 1. The Labute approximate surface area is 240 Å². The minimum atomic E-state index is -0.679. The Kier molecular flexibility index (Phi) is 9.38. The van der Waals surface area contributed by atoms with E-state index in [9.17, 15) is 9.90 Å². The summed E-state index contributed by atoms with van der Waals surface area (Å²) in [4.78, 5) is 17.1. The van der Waals surface area contributed by atoms with Gasteiger partial charge in [-0.15, -0.1) is 0 Å². The smallest absolute Gasteiger partial charge is 0.320 e. The molecule has 40 heavy (non-hydrogen) atoms. The van der Waals surface area contributed by atoms with Crippen molar-refractivity contribution in [3.8, 4) is 0 Å². The first-order valence-corrected chi connectivity index (χ1v) is 15.3. The molecule has 0 unspecified atom stereocenters. The Morgan fingerprint density at radius 3 is 2.30 bits per heavy atom. The van der Waals surface area contributed by atoms with Crippen molar-refractivity contribution in [2.75, 3.05) is 32.7 Å². The molecule has 0 spiro atoms. The molecule has 2 saturated heterocycles. The molecule has 2 fully saturated rings. The Bertz CT molecular complexity index is 1220. The van der Waals surface area contributed by atoms with Gasteiger partial charge in [0.15, 0.2) is 0 Å². The van der Waals surface area contributed by atoms with Crippen molar-refractivity contribution >= 4 is 5.97 Å². The molecule has 214 valence electrons. The first kappa shape index (κ1) is 28.6. The molecule has 1 N–H and O–H groups in total. The number of aromatic nitrogens is 2. The summed E-state index contributed by atoms with van der Waals surface area (Å²) in [6.45, 7) is 12.2. The number of carboxylic acid groups (broad SMARTS) is 1. The third-order valence-corrected chi connectivity index (χ3v) is 9.01. The normalized spacial score (nSPS) is 21.7. The van der Waals surface area contributed by atoms with Crippen LogP contribution < -0.4 is 0 Å². The molecule has 2 aliphatic rings. The highest BCUT2D eigenvalue weighted by Gasteiger charge is 2.40. The van der Waals surface area contributed by atoms with Gasteiger partial charge in [-0.1, -0.05) is 74.5 Å². The Morgan fingerprint density at radius 2 is 1.68 bits per heavy atom. The summed E-state index contributed by atoms with van der Waals surface area (Å²) in [6, 6.07) is 23.3. The summed E-state index contributed by atoms with van der Waals surface area (Å²) >= 11 is 0. The largest absolute Gasteiger partial charge is 0.480 e. The van der Waals surface area contributed by atoms with E-state index in [2.05, 4.69) is 102 Å². The van der Waals surface area contributed by atoms with Gasteiger partial charge >= 0.3 is 5.97 Å². The topological polar surface area (TPSA) is 61.6 Å². The van der Waals surface area contributed by atoms with Crippen molar-refractivity contribution in [3.63, 3.8) is 0 Å². The van der Waals surface area contributed by atoms with Crippen molar-refractivity contribution < 1.29 is 9.90 Å². The van der Waals surface area contributed by atoms with Crippen LogP contribution in [-0.4, -0.2) is 69.4 Å². The zero-order valence-corrected chi connectivity index (χ0v) is 24.5. The summed E-state index contributed by atoms with van der Waals surface area (Å²) in [5, 5.41) is 15.0. The first-order chi connectivity index (χ1) is 19.4. The van der Waals surface area contributed by atoms with Crippen molar-refractivity contribution in [2.24, 2.45) is 11.8 Å². The van der Waals surface area contributed by atoms with E-state index >= 15 is 0 Å². The number of likely N-dealkylation sites (tertiary alicyclic amines) is 2. The molecule has 6 heteroatoms. The molecule has 3 heterocycles. The number of aryl methyl sites for hydroxylation is 1. The van der Waals surface area contributed by atoms with Crippen LogP contribution >= 0.6 is 0 Å². The summed E-state index contributed by atoms with van der Waals surface area (Å²) in [7, 11) is 0. The molecule has 0 bridgehead atoms. The average Bonchev–Trinajstić information content (AvgIpc) is 3.57. The van der Waals surface area contributed by atoms with E-state index in [-0.39, 0.29) is 0 Å². The van der Waals surface area contributed by atoms with Crippen LogP contribution in [0.4, 0.5) is 0 Å². The molecule has 0 radical (unpaired) electrons. The molecule has 0 amide bonds. The number of carboxylic acids is 1. The second kappa shape index (κ2) is 13.1. The summed E-state index contributed by atoms with van der Waals surface area (Å²) < 4.78 is 2.22. The van der Waals surface area contributed by atoms with E-state index in [0.29, 0.717) is 30.1 Å². The number of hydrogen-bond acceptors (Lipinski definition) is 4. The van der Waals surface area contributed by atoms with E-state index in [0.717, 1.165) is 64.2 Å². The second-order valence-electron chi connectivity index (χ2n) is 12.3. The van der Waals surface area contributed by atoms with Gasteiger partial charge in [0.2, 0.25) is 0 Å². The minimum absolute atomic E-state index is 0.360. The molecule has 2 aliphatic heterocycles. The third kappa shape index (κ3) is 6.84. The lowest BCUT2D eigenvalue weighted by atomic mass is 9.87. The van der Waals surface area contributed by atoms with Gasteiger partial charge in [0.1, 0.15) is 6.04 Å². The molecule has 0 aliphatic carbocycles. The number of benzene rings is 2. The zero-order chi connectivity index (χ0) is 28.1. The molecule has 3 atom stereocenters. The maximum absolute atomic E-state index is 12.2. The van der Waals surface area contributed by atoms with Crippen molar-refractivity contribution in [1.82, 2.24) is 19.6 Å². The fraction of sp³-hybridized carbons (Fsp3) is 0.529. The third-order valence-electron chi connectivity index (χ3n) is 9.01. The molecular weight excluding hydrogens is 496 g/mol. The fourth-order valence-electron chi connectivity index (χ4n) is 6.98. The summed E-state index contributed by atoms with van der Waals surface area (Å²) in [5.74, 6) is 1.03. The van der Waals surface area contributed by atoms with Gasteiger partial charge in [-0.2, -0.15) is 5.10 Å². The van der Waals surface area contributed by atoms with E-state index in [1.165, 1.54) is 16.8 Å². The lowest BCUT2D eigenvalue weighted by molar-refractivity contribution is -0.143. The van der Waals surface area contributed by atoms with Crippen LogP contribution in [0.3, 0.4) is 0 Å². The predicted octanol–water partition coefficient (Wildman–Crippen LogP) is 5.89. The Hall–Kier alpha value is -2.96. The van der Waals surface area contributed by atoms with Gasteiger partial charge in [0.05, 0.1) is 5.69 Å². The van der Waals surface area contributed by atoms with Gasteiger partial charge < -0.3 is 10.0 Å². The molecule has 6 nitrogen and oxygen atoms in total. The number of carbonyl (C=O) groups is 1. The molecule has 0 saturated carbocycles. The number of hydrogen-bond donors (Lipinski definition) is 1. The predicted molar refractivity (Wildman–Crippen MR) is 161 cm³/mol. The molecule has 5 rings (SSSR count). The highest BCUT2D eigenvalue weighted by atomic mass is 16.4. The van der Waals surface area contributed by atoms with E-state index in [1.807, 2.05) is 0 Å². The summed E-state index contributed by atoms with van der Waals surface area (Å²) in [6.07, 6.45) is 3.88. The number of piperidine rings is 1. The van der Waals surface area contributed by atoms with Crippen LogP contribution in [0.2, 0.25) is 0 Å². The highest BCUT2D eigenvalue weighted by molar-refractivity contribution is 5.73. The molecule has 1 aromatic heterocycles. The monoisotopic (exact) mass is 542 g/mol. The maximum Gasteiger partial charge on any atom is 0.320 e. The number of rotatable bonds is 11. The summed E-state index contributed by atoms with van der Waals surface area (Å²) in [5.41, 5.74) is 5.20. The maximum atomic E-state index is 12.2. The highest BCUT2D eigenvalue weighted by Crippen LogP contribution is 2.37. The molecule has 2 aromatic carbocycles. The fourth-order valence-corrected chi connectivity index (χ4v) is 6.98. The van der Waals surface area contributed by atoms with Gasteiger partial charge in [-0.25, -0.2) is 0 Å². The quantitative estimate of drug-likeness (QED) is 0.328. The Balaban J connectivity index is 1.24. The lowest BCUT2D eigenvalue weighted by Gasteiger charge is -2.35. The number of nitrogens with zero attached hydrogens (tertiary/aromatic N) is 4. The van der Waals surface area contributed by atoms with Crippen LogP contribution in [0, 0.1) is 11.8 Å². The molecular formula is C34H46N4O2. The van der Waals surface area contributed by atoms with Gasteiger partial charge in [0, 0.05) is 50.1 Å². The van der Waals surface area contributed by atoms with Crippen molar-refractivity contribution in [3.05, 3.63) is 89.2 Å². The van der Waals surface area contributed by atoms with Crippen molar-refractivity contribution in [2.45, 2.75) is 70.9 Å². The average molecular weight is 543 g/mol. The van der Waals surface area contributed by atoms with Crippen LogP contribution in [0.5, 0.6) is 0 Å². The van der Waals surface area contributed by atoms with Gasteiger partial charge in [0.25, 0.3) is 0 Å². The standard InChI is InChI=1S/C34H46N4O2/c1-4-38-32(21-30(35-38)20-26-11-7-5-8-12-26)28-15-17-36(18-16-28)22-29-23-37(33(34(39)40)19-25(2)3)24-31(29)27-13-9-6-10-14-27/h5-14,21,25,28-29,31,33H,4,15-20,22-24H2,1-3H3,(H,39,40)/t29-,31+,33-/m0/s1. The van der Waals surface area contributed by atoms with Gasteiger partial charge in [-0.3, -0.25) is 14.4 Å². The lowest BCUT2D eigenvalue weighted by Crippen LogP contribution is -2.42. The van der Waals surface area contributed by atoms with Crippen molar-refractivity contribution in [1.29, 1.82) is 0 Å². The van der Waals surface area contributed by atoms with E-state index in [1.54, 1.807) is 0 Å². The first-order valence-electron chi connectivity index (χ1n) is 15.3. The van der Waals surface area contributed by atoms with Crippen LogP contribution in [0.1, 0.15) is 74.4 Å². The second-order valence-corrected chi connectivity index (χ2v) is 12.3. The van der Waals surface area contributed by atoms with E-state index in [4.69, 9.17) is 5.10 Å². The SMILES string of the molecule is CCn1nc(Cc2ccccc2)cc1C1CCN(C[C@H]2CN([C@@H](CC(C)C)C(=O)O)C[C@@H]2c2ccccc2)CC1. The van der Waals surface area contributed by atoms with Crippen LogP contribution in [0.15, 0.2) is 66.7 Å². The minimum Gasteiger partial charge on any atom is -0.480 e. The molecule has 3 aromatic rings. The van der Waals surface area contributed by atoms with Crippen LogP contribution in [-0.2, 0) is 17.8 Å². The zero-order valence-electron chi connectivity index (χ0n) is 24.5. The Morgan fingerprint density at radius 1 is 1.00 bits per heavy atom. The van der Waals surface area contributed by atoms with Crippen LogP contribution in [0.25, 0.3) is 0 Å². The van der Waals surface area contributed by atoms with Gasteiger partial charge in [-0.05, 0) is 68.3 Å². The van der Waals surface area contributed by atoms with E-state index < -0.39 is 12.0 Å².